The summed E-state index contributed by atoms with van der Waals surface area (Å²) in [6.45, 7) is 3.22. The maximum Gasteiger partial charge on any atom is 0.183 e. The largest absolute Gasteiger partial charge is 0.379 e. The Kier molecular flexibility index (Phi) is 4.67. The highest BCUT2D eigenvalue weighted by Gasteiger charge is 2.45. The van der Waals surface area contributed by atoms with Crippen LogP contribution in [-0.4, -0.2) is 42.5 Å². The van der Waals surface area contributed by atoms with Crippen molar-refractivity contribution in [2.45, 2.75) is 42.5 Å². The first-order valence-corrected chi connectivity index (χ1v) is 8.34. The van der Waals surface area contributed by atoms with Crippen LogP contribution >= 0.6 is 12.6 Å². The Morgan fingerprint density at radius 2 is 1.67 bits per heavy atom. The summed E-state index contributed by atoms with van der Waals surface area (Å²) in [6, 6.07) is 7.65. The summed E-state index contributed by atoms with van der Waals surface area (Å²) < 4.78 is 5.47. The number of carbonyl (C=O) groups excluding carboxylic acids is 1. The van der Waals surface area contributed by atoms with Crippen LogP contribution in [0, 0.1) is 0 Å². The molecular formula is C17H23NO2S. The van der Waals surface area contributed by atoms with E-state index in [9.17, 15) is 4.79 Å². The summed E-state index contributed by atoms with van der Waals surface area (Å²) in [6.07, 6.45) is 5.50. The number of rotatable bonds is 3. The molecule has 3 rings (SSSR count). The van der Waals surface area contributed by atoms with Crippen molar-refractivity contribution in [3.8, 4) is 0 Å². The van der Waals surface area contributed by atoms with Gasteiger partial charge in [-0.05, 0) is 25.0 Å². The first-order chi connectivity index (χ1) is 10.2. The quantitative estimate of drug-likeness (QED) is 0.687. The van der Waals surface area contributed by atoms with Gasteiger partial charge >= 0.3 is 0 Å². The van der Waals surface area contributed by atoms with E-state index in [0.717, 1.165) is 62.4 Å². The van der Waals surface area contributed by atoms with Crippen LogP contribution in [0.15, 0.2) is 29.2 Å². The second kappa shape index (κ2) is 6.51. The number of nitrogens with zero attached hydrogens (tertiary/aromatic N) is 1. The Morgan fingerprint density at radius 1 is 1.05 bits per heavy atom. The van der Waals surface area contributed by atoms with Gasteiger partial charge in [0, 0.05) is 23.5 Å². The molecule has 21 heavy (non-hydrogen) atoms. The van der Waals surface area contributed by atoms with Gasteiger partial charge < -0.3 is 4.74 Å². The third kappa shape index (κ3) is 3.03. The fourth-order valence-corrected chi connectivity index (χ4v) is 3.85. The van der Waals surface area contributed by atoms with E-state index in [1.54, 1.807) is 0 Å². The molecule has 1 aromatic rings. The second-order valence-corrected chi connectivity index (χ2v) is 6.58. The minimum Gasteiger partial charge on any atom is -0.379 e. The fourth-order valence-electron chi connectivity index (χ4n) is 3.70. The Bertz CT molecular complexity index is 488. The van der Waals surface area contributed by atoms with Crippen molar-refractivity contribution >= 4 is 18.4 Å². The maximum atomic E-state index is 13.2. The molecule has 0 spiro atoms. The van der Waals surface area contributed by atoms with Gasteiger partial charge in [-0.15, -0.1) is 12.6 Å². The average molecular weight is 305 g/mol. The van der Waals surface area contributed by atoms with Crippen LogP contribution in [0.25, 0.3) is 0 Å². The van der Waals surface area contributed by atoms with Gasteiger partial charge in [0.15, 0.2) is 5.78 Å². The summed E-state index contributed by atoms with van der Waals surface area (Å²) in [5.41, 5.74) is 0.515. The highest BCUT2D eigenvalue weighted by Crippen LogP contribution is 2.37. The number of thiol groups is 1. The van der Waals surface area contributed by atoms with E-state index in [2.05, 4.69) is 17.5 Å². The average Bonchev–Trinajstić information content (AvgIpc) is 2.56. The SMILES string of the molecule is O=C(c1ccc(S)cc1)C1(N2CCOCC2)CCCCC1. The van der Waals surface area contributed by atoms with Crippen molar-refractivity contribution in [1.82, 2.24) is 4.90 Å². The molecule has 0 atom stereocenters. The predicted molar refractivity (Wildman–Crippen MR) is 86.2 cm³/mol. The van der Waals surface area contributed by atoms with Crippen LogP contribution in [0.2, 0.25) is 0 Å². The van der Waals surface area contributed by atoms with Gasteiger partial charge in [-0.1, -0.05) is 31.4 Å². The molecule has 2 aliphatic rings. The third-order valence-corrected chi connectivity index (χ3v) is 5.15. The number of Topliss-reactive ketones (excluding diaryl/α,β-unsaturated/α-hetero) is 1. The fraction of sp³-hybridized carbons (Fsp3) is 0.588. The van der Waals surface area contributed by atoms with E-state index in [-0.39, 0.29) is 11.3 Å². The Labute approximate surface area is 132 Å². The lowest BCUT2D eigenvalue weighted by molar-refractivity contribution is -0.0264. The number of ether oxygens (including phenoxy) is 1. The molecule has 114 valence electrons. The summed E-state index contributed by atoms with van der Waals surface area (Å²) in [5.74, 6) is 0.289. The molecule has 0 radical (unpaired) electrons. The summed E-state index contributed by atoms with van der Waals surface area (Å²) in [4.78, 5) is 16.5. The molecule has 1 aromatic carbocycles. The van der Waals surface area contributed by atoms with Crippen LogP contribution in [-0.2, 0) is 4.74 Å². The molecule has 0 bridgehead atoms. The molecule has 2 fully saturated rings. The number of hydrogen-bond donors (Lipinski definition) is 1. The van der Waals surface area contributed by atoms with Gasteiger partial charge in [0.05, 0.1) is 18.8 Å². The smallest absolute Gasteiger partial charge is 0.183 e. The van der Waals surface area contributed by atoms with E-state index in [4.69, 9.17) is 4.74 Å². The van der Waals surface area contributed by atoms with Gasteiger partial charge in [-0.3, -0.25) is 9.69 Å². The van der Waals surface area contributed by atoms with Crippen molar-refractivity contribution in [2.75, 3.05) is 26.3 Å². The third-order valence-electron chi connectivity index (χ3n) is 4.85. The summed E-state index contributed by atoms with van der Waals surface area (Å²) in [7, 11) is 0. The molecule has 0 N–H and O–H groups in total. The zero-order valence-corrected chi connectivity index (χ0v) is 13.3. The molecule has 4 heteroatoms. The Morgan fingerprint density at radius 3 is 2.29 bits per heavy atom. The van der Waals surface area contributed by atoms with Crippen molar-refractivity contribution in [3.05, 3.63) is 29.8 Å². The molecule has 1 heterocycles. The van der Waals surface area contributed by atoms with Crippen molar-refractivity contribution in [2.24, 2.45) is 0 Å². The van der Waals surface area contributed by atoms with E-state index in [1.807, 2.05) is 24.3 Å². The summed E-state index contributed by atoms with van der Waals surface area (Å²) >= 11 is 4.31. The molecule has 1 aliphatic heterocycles. The highest BCUT2D eigenvalue weighted by atomic mass is 32.1. The zero-order valence-electron chi connectivity index (χ0n) is 12.4. The number of morpholine rings is 1. The van der Waals surface area contributed by atoms with Crippen LogP contribution in [0.5, 0.6) is 0 Å². The molecule has 0 aromatic heterocycles. The van der Waals surface area contributed by atoms with Gasteiger partial charge in [-0.2, -0.15) is 0 Å². The van der Waals surface area contributed by atoms with Crippen molar-refractivity contribution < 1.29 is 9.53 Å². The summed E-state index contributed by atoms with van der Waals surface area (Å²) in [5, 5.41) is 0. The molecule has 3 nitrogen and oxygen atoms in total. The van der Waals surface area contributed by atoms with Gasteiger partial charge in [0.1, 0.15) is 0 Å². The number of ketones is 1. The van der Waals surface area contributed by atoms with E-state index < -0.39 is 0 Å². The predicted octanol–water partition coefficient (Wildman–Crippen LogP) is 3.19. The number of benzene rings is 1. The Hall–Kier alpha value is -0.840. The standard InChI is InChI=1S/C17H23NO2S/c19-16(14-4-6-15(21)7-5-14)17(8-2-1-3-9-17)18-10-12-20-13-11-18/h4-7,21H,1-3,8-13H2. The normalized spacial score (nSPS) is 22.9. The number of hydrogen-bond acceptors (Lipinski definition) is 4. The van der Waals surface area contributed by atoms with E-state index >= 15 is 0 Å². The minimum absolute atomic E-state index is 0.289. The lowest BCUT2D eigenvalue weighted by atomic mass is 9.75. The lowest BCUT2D eigenvalue weighted by Gasteiger charge is -2.46. The molecule has 1 aliphatic carbocycles. The molecule has 0 unspecified atom stereocenters. The first-order valence-electron chi connectivity index (χ1n) is 7.89. The van der Waals surface area contributed by atoms with E-state index in [0.29, 0.717) is 0 Å². The van der Waals surface area contributed by atoms with Crippen molar-refractivity contribution in [3.63, 3.8) is 0 Å². The molecule has 0 amide bonds. The molecule has 1 saturated heterocycles. The van der Waals surface area contributed by atoms with E-state index in [1.165, 1.54) is 6.42 Å². The number of carbonyl (C=O) groups is 1. The second-order valence-electron chi connectivity index (χ2n) is 6.07. The minimum atomic E-state index is -0.305. The first kappa shape index (κ1) is 15.1. The molecule has 1 saturated carbocycles. The van der Waals surface area contributed by atoms with Gasteiger partial charge in [0.25, 0.3) is 0 Å². The Balaban J connectivity index is 1.90. The van der Waals surface area contributed by atoms with Gasteiger partial charge in [-0.25, -0.2) is 0 Å². The van der Waals surface area contributed by atoms with Crippen LogP contribution in [0.3, 0.4) is 0 Å². The maximum absolute atomic E-state index is 13.2. The highest BCUT2D eigenvalue weighted by molar-refractivity contribution is 7.80. The topological polar surface area (TPSA) is 29.5 Å². The lowest BCUT2D eigenvalue weighted by Crippen LogP contribution is -2.59. The van der Waals surface area contributed by atoms with Crippen LogP contribution < -0.4 is 0 Å². The zero-order chi connectivity index (χ0) is 14.7. The van der Waals surface area contributed by atoms with Crippen LogP contribution in [0.4, 0.5) is 0 Å². The monoisotopic (exact) mass is 305 g/mol. The van der Waals surface area contributed by atoms with Crippen LogP contribution in [0.1, 0.15) is 42.5 Å². The molecular weight excluding hydrogens is 282 g/mol. The van der Waals surface area contributed by atoms with Crippen molar-refractivity contribution in [1.29, 1.82) is 0 Å². The van der Waals surface area contributed by atoms with Gasteiger partial charge in [0.2, 0.25) is 0 Å².